The molecule has 0 aliphatic heterocycles. The predicted octanol–water partition coefficient (Wildman–Crippen LogP) is 7.06. The van der Waals surface area contributed by atoms with Crippen LogP contribution in [0.25, 0.3) is 16.6 Å². The second-order valence-corrected chi connectivity index (χ2v) is 7.09. The van der Waals surface area contributed by atoms with Crippen LogP contribution in [0.1, 0.15) is 24.5 Å². The maximum absolute atomic E-state index is 6.34. The third-order valence-corrected chi connectivity index (χ3v) is 4.93. The van der Waals surface area contributed by atoms with Gasteiger partial charge in [0.1, 0.15) is 5.52 Å². The van der Waals surface area contributed by atoms with Crippen molar-refractivity contribution in [2.45, 2.75) is 20.3 Å². The van der Waals surface area contributed by atoms with Crippen LogP contribution in [0.5, 0.6) is 11.8 Å². The fourth-order valence-electron chi connectivity index (χ4n) is 2.74. The van der Waals surface area contributed by atoms with Gasteiger partial charge in [-0.25, -0.2) is 0 Å². The average Bonchev–Trinajstić information content (AvgIpc) is 2.88. The first-order valence-electron chi connectivity index (χ1n) is 7.80. The van der Waals surface area contributed by atoms with Crippen molar-refractivity contribution < 1.29 is 4.74 Å². The van der Waals surface area contributed by atoms with Crippen LogP contribution < -0.4 is 4.74 Å². The van der Waals surface area contributed by atoms with Gasteiger partial charge in [0.15, 0.2) is 5.75 Å². The fraction of sp³-hybridized carbons (Fsp3) is 0.211. The number of nitrogens with zero attached hydrogens (tertiary/aromatic N) is 2. The van der Waals surface area contributed by atoms with E-state index in [0.29, 0.717) is 32.3 Å². The molecular formula is C19H17Cl3N2O. The minimum Gasteiger partial charge on any atom is -0.424 e. The lowest BCUT2D eigenvalue weighted by Gasteiger charge is -2.11. The molecule has 3 rings (SSSR count). The van der Waals surface area contributed by atoms with Crippen LogP contribution in [0, 0.1) is 6.92 Å². The van der Waals surface area contributed by atoms with Gasteiger partial charge in [-0.2, -0.15) is 4.98 Å². The Bertz CT molecular complexity index is 969. The number of hydrogen-bond donors (Lipinski definition) is 0. The Kier molecular flexibility index (Phi) is 5.01. The van der Waals surface area contributed by atoms with E-state index in [-0.39, 0.29) is 0 Å². The number of imidazole rings is 1. The van der Waals surface area contributed by atoms with Gasteiger partial charge >= 0.3 is 6.01 Å². The van der Waals surface area contributed by atoms with Gasteiger partial charge in [0, 0.05) is 17.6 Å². The number of halogens is 3. The quantitative estimate of drug-likeness (QED) is 0.473. The summed E-state index contributed by atoms with van der Waals surface area (Å²) < 4.78 is 7.87. The molecule has 0 atom stereocenters. The zero-order valence-electron chi connectivity index (χ0n) is 14.2. The number of rotatable bonds is 4. The summed E-state index contributed by atoms with van der Waals surface area (Å²) in [6, 6.07) is 7.63. The summed E-state index contributed by atoms with van der Waals surface area (Å²) in [4.78, 5) is 4.57. The number of allylic oxidation sites excluding steroid dienone is 1. The van der Waals surface area contributed by atoms with Gasteiger partial charge < -0.3 is 4.74 Å². The van der Waals surface area contributed by atoms with Crippen molar-refractivity contribution in [3.63, 3.8) is 0 Å². The largest absolute Gasteiger partial charge is 0.424 e. The molecule has 0 unspecified atom stereocenters. The van der Waals surface area contributed by atoms with Crippen LogP contribution in [0.3, 0.4) is 0 Å². The first-order chi connectivity index (χ1) is 11.8. The van der Waals surface area contributed by atoms with Crippen LogP contribution in [-0.2, 0) is 7.05 Å². The maximum Gasteiger partial charge on any atom is 0.302 e. The second kappa shape index (κ2) is 6.91. The summed E-state index contributed by atoms with van der Waals surface area (Å²) in [5, 5.41) is 1.55. The van der Waals surface area contributed by atoms with Crippen molar-refractivity contribution in [2.24, 2.45) is 7.05 Å². The number of fused-ring (bicyclic) bond motifs is 1. The number of aromatic nitrogens is 2. The topological polar surface area (TPSA) is 27.1 Å². The molecule has 0 N–H and O–H groups in total. The molecule has 0 aliphatic carbocycles. The van der Waals surface area contributed by atoms with Crippen LogP contribution in [0.2, 0.25) is 15.1 Å². The van der Waals surface area contributed by atoms with Gasteiger partial charge in [-0.05, 0) is 42.7 Å². The van der Waals surface area contributed by atoms with Crippen molar-refractivity contribution in [3.05, 3.63) is 57.0 Å². The van der Waals surface area contributed by atoms with Crippen molar-refractivity contribution >= 4 is 51.4 Å². The van der Waals surface area contributed by atoms with Crippen LogP contribution >= 0.6 is 34.8 Å². The van der Waals surface area contributed by atoms with Crippen molar-refractivity contribution in [2.75, 3.05) is 0 Å². The fourth-order valence-corrected chi connectivity index (χ4v) is 3.57. The Morgan fingerprint density at radius 2 is 1.92 bits per heavy atom. The first-order valence-corrected chi connectivity index (χ1v) is 8.93. The number of ether oxygens (including phenoxy) is 1. The number of benzene rings is 2. The van der Waals surface area contributed by atoms with Crippen LogP contribution in [-0.4, -0.2) is 9.55 Å². The molecule has 0 aliphatic rings. The van der Waals surface area contributed by atoms with Crippen molar-refractivity contribution in [3.8, 4) is 11.8 Å². The van der Waals surface area contributed by atoms with Crippen molar-refractivity contribution in [1.82, 2.24) is 9.55 Å². The SMILES string of the molecule is C=C(CC)c1ccc(Cl)c2nc(Oc3c(C)cc(Cl)cc3Cl)n(C)c12. The van der Waals surface area contributed by atoms with Gasteiger partial charge in [0.05, 0.1) is 15.6 Å². The molecule has 25 heavy (non-hydrogen) atoms. The minimum atomic E-state index is 0.403. The molecule has 0 saturated carbocycles. The molecule has 2 aromatic carbocycles. The molecule has 0 saturated heterocycles. The van der Waals surface area contributed by atoms with E-state index >= 15 is 0 Å². The van der Waals surface area contributed by atoms with Gasteiger partial charge in [-0.1, -0.05) is 54.4 Å². The average molecular weight is 396 g/mol. The zero-order chi connectivity index (χ0) is 18.3. The summed E-state index contributed by atoms with van der Waals surface area (Å²) in [5.74, 6) is 0.525. The monoisotopic (exact) mass is 394 g/mol. The van der Waals surface area contributed by atoms with Crippen LogP contribution in [0.4, 0.5) is 0 Å². The van der Waals surface area contributed by atoms with Gasteiger partial charge in [-0.3, -0.25) is 4.57 Å². The van der Waals surface area contributed by atoms with E-state index in [1.54, 1.807) is 12.1 Å². The Hall–Kier alpha value is -1.68. The summed E-state index contributed by atoms with van der Waals surface area (Å²) in [7, 11) is 1.88. The molecule has 0 amide bonds. The predicted molar refractivity (Wildman–Crippen MR) is 106 cm³/mol. The van der Waals surface area contributed by atoms with E-state index in [1.165, 1.54) is 0 Å². The zero-order valence-corrected chi connectivity index (χ0v) is 16.4. The summed E-state index contributed by atoms with van der Waals surface area (Å²) in [6.45, 7) is 8.08. The summed E-state index contributed by atoms with van der Waals surface area (Å²) in [6.07, 6.45) is 0.834. The standard InChI is InChI=1S/C19H17Cl3N2O/c1-5-10(2)13-6-7-14(21)16-17(13)24(4)19(23-16)25-18-11(3)8-12(20)9-15(18)22/h6-9H,2,5H2,1,3-4H3. The Balaban J connectivity index is 2.18. The smallest absolute Gasteiger partial charge is 0.302 e. The Morgan fingerprint density at radius 1 is 1.20 bits per heavy atom. The molecule has 1 aromatic heterocycles. The molecule has 0 bridgehead atoms. The molecule has 3 aromatic rings. The van der Waals surface area contributed by atoms with Crippen molar-refractivity contribution in [1.29, 1.82) is 0 Å². The molecular weight excluding hydrogens is 379 g/mol. The van der Waals surface area contributed by atoms with E-state index < -0.39 is 0 Å². The third kappa shape index (κ3) is 3.24. The highest BCUT2D eigenvalue weighted by atomic mass is 35.5. The third-order valence-electron chi connectivity index (χ3n) is 4.13. The van der Waals surface area contributed by atoms with E-state index in [9.17, 15) is 0 Å². The molecule has 130 valence electrons. The molecule has 6 heteroatoms. The lowest BCUT2D eigenvalue weighted by molar-refractivity contribution is 0.425. The second-order valence-electron chi connectivity index (χ2n) is 5.84. The van der Waals surface area contributed by atoms with E-state index in [0.717, 1.165) is 28.6 Å². The normalized spacial score (nSPS) is 11.1. The molecule has 0 fully saturated rings. The molecule has 0 radical (unpaired) electrons. The minimum absolute atomic E-state index is 0.403. The van der Waals surface area contributed by atoms with Gasteiger partial charge in [0.2, 0.25) is 0 Å². The summed E-state index contributed by atoms with van der Waals surface area (Å²) >= 11 is 18.7. The highest BCUT2D eigenvalue weighted by molar-refractivity contribution is 6.36. The Morgan fingerprint density at radius 3 is 2.56 bits per heavy atom. The number of hydrogen-bond acceptors (Lipinski definition) is 2. The van der Waals surface area contributed by atoms with Gasteiger partial charge in [-0.15, -0.1) is 0 Å². The highest BCUT2D eigenvalue weighted by Gasteiger charge is 2.19. The van der Waals surface area contributed by atoms with Crippen LogP contribution in [0.15, 0.2) is 30.8 Å². The summed E-state index contributed by atoms with van der Waals surface area (Å²) in [5.41, 5.74) is 4.41. The molecule has 1 heterocycles. The maximum atomic E-state index is 6.34. The molecule has 3 nitrogen and oxygen atoms in total. The van der Waals surface area contributed by atoms with E-state index in [2.05, 4.69) is 18.5 Å². The highest BCUT2D eigenvalue weighted by Crippen LogP contribution is 2.38. The lowest BCUT2D eigenvalue weighted by Crippen LogP contribution is -1.98. The van der Waals surface area contributed by atoms with Gasteiger partial charge in [0.25, 0.3) is 0 Å². The number of aryl methyl sites for hydroxylation is 2. The Labute approximate surface area is 161 Å². The van der Waals surface area contributed by atoms with E-state index in [4.69, 9.17) is 39.5 Å². The lowest BCUT2D eigenvalue weighted by atomic mass is 10.0. The first kappa shape index (κ1) is 18.1. The van der Waals surface area contributed by atoms with E-state index in [1.807, 2.05) is 30.7 Å². The molecule has 0 spiro atoms.